The summed E-state index contributed by atoms with van der Waals surface area (Å²) in [6, 6.07) is 21.7. The summed E-state index contributed by atoms with van der Waals surface area (Å²) in [5, 5.41) is 6.22. The lowest BCUT2D eigenvalue weighted by Crippen LogP contribution is -2.22. The number of nitrogens with one attached hydrogen (secondary N) is 1. The van der Waals surface area contributed by atoms with Crippen molar-refractivity contribution in [2.75, 3.05) is 6.79 Å². The van der Waals surface area contributed by atoms with Gasteiger partial charge in [0.25, 0.3) is 0 Å². The van der Waals surface area contributed by atoms with Crippen molar-refractivity contribution < 1.29 is 9.47 Å². The molecule has 0 fully saturated rings. The van der Waals surface area contributed by atoms with E-state index in [0.29, 0.717) is 6.79 Å². The van der Waals surface area contributed by atoms with Crippen molar-refractivity contribution in [2.24, 2.45) is 0 Å². The standard InChI is InChI=1S/C21H21NO2/c1-14(17-8-7-16-5-3-4-6-19(16)11-17)22-15(2)18-9-10-20-21(12-18)24-13-23-20/h3-12,14-15,22H,13H2,1-2H3. The molecule has 1 heterocycles. The molecule has 3 aromatic rings. The van der Waals surface area contributed by atoms with Gasteiger partial charge in [0.2, 0.25) is 6.79 Å². The quantitative estimate of drug-likeness (QED) is 0.735. The third-order valence-corrected chi connectivity index (χ3v) is 4.67. The van der Waals surface area contributed by atoms with E-state index < -0.39 is 0 Å². The van der Waals surface area contributed by atoms with Crippen LogP contribution in [-0.4, -0.2) is 6.79 Å². The Labute approximate surface area is 142 Å². The molecule has 3 heteroatoms. The van der Waals surface area contributed by atoms with E-state index in [-0.39, 0.29) is 12.1 Å². The SMILES string of the molecule is CC(NC(C)c1ccc2ccccc2c1)c1ccc2c(c1)OCO2. The van der Waals surface area contributed by atoms with Crippen LogP contribution in [0.4, 0.5) is 0 Å². The predicted octanol–water partition coefficient (Wildman–Crippen LogP) is 4.98. The lowest BCUT2D eigenvalue weighted by atomic mass is 10.0. The summed E-state index contributed by atoms with van der Waals surface area (Å²) in [6.45, 7) is 4.69. The largest absolute Gasteiger partial charge is 0.454 e. The number of rotatable bonds is 4. The van der Waals surface area contributed by atoms with Crippen LogP contribution in [0, 0.1) is 0 Å². The third-order valence-electron chi connectivity index (χ3n) is 4.67. The van der Waals surface area contributed by atoms with Gasteiger partial charge in [0.15, 0.2) is 11.5 Å². The molecule has 24 heavy (non-hydrogen) atoms. The van der Waals surface area contributed by atoms with Crippen LogP contribution in [0.3, 0.4) is 0 Å². The van der Waals surface area contributed by atoms with Gasteiger partial charge in [-0.2, -0.15) is 0 Å². The van der Waals surface area contributed by atoms with E-state index in [0.717, 1.165) is 11.5 Å². The fourth-order valence-corrected chi connectivity index (χ4v) is 3.23. The monoisotopic (exact) mass is 319 g/mol. The maximum absolute atomic E-state index is 5.48. The lowest BCUT2D eigenvalue weighted by molar-refractivity contribution is 0.174. The average molecular weight is 319 g/mol. The highest BCUT2D eigenvalue weighted by Gasteiger charge is 2.17. The molecule has 1 aliphatic heterocycles. The molecule has 1 N–H and O–H groups in total. The smallest absolute Gasteiger partial charge is 0.231 e. The Morgan fingerprint density at radius 1 is 0.750 bits per heavy atom. The summed E-state index contributed by atoms with van der Waals surface area (Å²) in [7, 11) is 0. The van der Waals surface area contributed by atoms with Crippen molar-refractivity contribution in [2.45, 2.75) is 25.9 Å². The number of ether oxygens (including phenoxy) is 2. The maximum atomic E-state index is 5.48. The van der Waals surface area contributed by atoms with Crippen LogP contribution in [0.2, 0.25) is 0 Å². The van der Waals surface area contributed by atoms with E-state index in [9.17, 15) is 0 Å². The number of hydrogen-bond acceptors (Lipinski definition) is 3. The van der Waals surface area contributed by atoms with E-state index in [2.05, 4.69) is 73.8 Å². The molecule has 4 rings (SSSR count). The molecule has 0 amide bonds. The summed E-state index contributed by atoms with van der Waals surface area (Å²) in [4.78, 5) is 0. The van der Waals surface area contributed by atoms with Crippen molar-refractivity contribution in [1.29, 1.82) is 0 Å². The molecule has 2 unspecified atom stereocenters. The molecule has 0 bridgehead atoms. The van der Waals surface area contributed by atoms with Crippen molar-refractivity contribution in [3.8, 4) is 11.5 Å². The first-order valence-electron chi connectivity index (χ1n) is 8.35. The number of hydrogen-bond donors (Lipinski definition) is 1. The summed E-state index contributed by atoms with van der Waals surface area (Å²) in [6.07, 6.45) is 0. The Hall–Kier alpha value is -2.52. The molecule has 0 spiro atoms. The van der Waals surface area contributed by atoms with Gasteiger partial charge in [-0.05, 0) is 53.9 Å². The molecular formula is C21H21NO2. The van der Waals surface area contributed by atoms with Gasteiger partial charge in [-0.3, -0.25) is 0 Å². The summed E-state index contributed by atoms with van der Waals surface area (Å²) >= 11 is 0. The Morgan fingerprint density at radius 3 is 2.25 bits per heavy atom. The number of benzene rings is 3. The van der Waals surface area contributed by atoms with Gasteiger partial charge in [0.1, 0.15) is 0 Å². The highest BCUT2D eigenvalue weighted by atomic mass is 16.7. The molecule has 0 saturated carbocycles. The average Bonchev–Trinajstić information content (AvgIpc) is 3.08. The third kappa shape index (κ3) is 2.83. The van der Waals surface area contributed by atoms with Gasteiger partial charge in [0.05, 0.1) is 0 Å². The molecule has 122 valence electrons. The minimum Gasteiger partial charge on any atom is -0.454 e. The van der Waals surface area contributed by atoms with E-state index in [4.69, 9.17) is 9.47 Å². The minimum atomic E-state index is 0.223. The van der Waals surface area contributed by atoms with Crippen LogP contribution < -0.4 is 14.8 Å². The first-order chi connectivity index (χ1) is 11.7. The van der Waals surface area contributed by atoms with Crippen LogP contribution in [0.15, 0.2) is 60.7 Å². The van der Waals surface area contributed by atoms with Gasteiger partial charge < -0.3 is 14.8 Å². The van der Waals surface area contributed by atoms with Gasteiger partial charge in [0, 0.05) is 12.1 Å². The fourth-order valence-electron chi connectivity index (χ4n) is 3.23. The van der Waals surface area contributed by atoms with Gasteiger partial charge >= 0.3 is 0 Å². The number of fused-ring (bicyclic) bond motifs is 2. The molecule has 2 atom stereocenters. The molecule has 1 aliphatic rings. The predicted molar refractivity (Wildman–Crippen MR) is 96.5 cm³/mol. The van der Waals surface area contributed by atoms with Gasteiger partial charge in [-0.15, -0.1) is 0 Å². The van der Waals surface area contributed by atoms with Crippen molar-refractivity contribution in [3.05, 3.63) is 71.8 Å². The Morgan fingerprint density at radius 2 is 1.42 bits per heavy atom. The van der Waals surface area contributed by atoms with Crippen molar-refractivity contribution in [1.82, 2.24) is 5.32 Å². The molecule has 0 radical (unpaired) electrons. The van der Waals surface area contributed by atoms with Crippen LogP contribution in [-0.2, 0) is 0 Å². The summed E-state index contributed by atoms with van der Waals surface area (Å²) in [5.74, 6) is 1.66. The Balaban J connectivity index is 1.52. The van der Waals surface area contributed by atoms with Crippen molar-refractivity contribution in [3.63, 3.8) is 0 Å². The summed E-state index contributed by atoms with van der Waals surface area (Å²) in [5.41, 5.74) is 2.49. The van der Waals surface area contributed by atoms with Gasteiger partial charge in [-0.1, -0.05) is 42.5 Å². The first kappa shape index (κ1) is 15.0. The lowest BCUT2D eigenvalue weighted by Gasteiger charge is -2.21. The second-order valence-electron chi connectivity index (χ2n) is 6.33. The van der Waals surface area contributed by atoms with Crippen LogP contribution in [0.25, 0.3) is 10.8 Å². The van der Waals surface area contributed by atoms with Gasteiger partial charge in [-0.25, -0.2) is 0 Å². The summed E-state index contributed by atoms with van der Waals surface area (Å²) < 4.78 is 10.9. The van der Waals surface area contributed by atoms with E-state index in [1.54, 1.807) is 0 Å². The normalized spacial score (nSPS) is 15.4. The minimum absolute atomic E-state index is 0.223. The maximum Gasteiger partial charge on any atom is 0.231 e. The Kier molecular flexibility index (Phi) is 3.87. The zero-order valence-corrected chi connectivity index (χ0v) is 14.0. The Bertz CT molecular complexity index is 875. The second-order valence-corrected chi connectivity index (χ2v) is 6.33. The van der Waals surface area contributed by atoms with Crippen molar-refractivity contribution >= 4 is 10.8 Å². The second kappa shape index (κ2) is 6.17. The zero-order chi connectivity index (χ0) is 16.5. The zero-order valence-electron chi connectivity index (χ0n) is 14.0. The molecule has 0 aromatic heterocycles. The van der Waals surface area contributed by atoms with Crippen LogP contribution in [0.5, 0.6) is 11.5 Å². The van der Waals surface area contributed by atoms with Crippen LogP contribution in [0.1, 0.15) is 37.1 Å². The highest BCUT2D eigenvalue weighted by molar-refractivity contribution is 5.83. The van der Waals surface area contributed by atoms with E-state index in [1.807, 2.05) is 6.07 Å². The molecule has 0 aliphatic carbocycles. The molecular weight excluding hydrogens is 298 g/mol. The van der Waals surface area contributed by atoms with E-state index in [1.165, 1.54) is 21.9 Å². The molecule has 3 aromatic carbocycles. The molecule has 0 saturated heterocycles. The van der Waals surface area contributed by atoms with Crippen LogP contribution >= 0.6 is 0 Å². The van der Waals surface area contributed by atoms with E-state index >= 15 is 0 Å². The highest BCUT2D eigenvalue weighted by Crippen LogP contribution is 2.34. The molecule has 3 nitrogen and oxygen atoms in total. The topological polar surface area (TPSA) is 30.5 Å². The fraction of sp³-hybridized carbons (Fsp3) is 0.238. The first-order valence-corrected chi connectivity index (χ1v) is 8.35.